The summed E-state index contributed by atoms with van der Waals surface area (Å²) >= 11 is 5.26. The number of fused-ring (bicyclic) bond motifs is 1. The molecule has 0 aliphatic carbocycles. The van der Waals surface area contributed by atoms with Crippen molar-refractivity contribution in [3.63, 3.8) is 0 Å². The molecule has 5 heteroatoms. The van der Waals surface area contributed by atoms with Gasteiger partial charge in [-0.3, -0.25) is 0 Å². The zero-order valence-corrected chi connectivity index (χ0v) is 14.4. The number of aromatic nitrogens is 2. The van der Waals surface area contributed by atoms with Gasteiger partial charge in [0.2, 0.25) is 0 Å². The number of benzene rings is 1. The fourth-order valence-electron chi connectivity index (χ4n) is 2.45. The van der Waals surface area contributed by atoms with Crippen molar-refractivity contribution < 1.29 is 0 Å². The third-order valence-electron chi connectivity index (χ3n) is 3.36. The Morgan fingerprint density at radius 1 is 1.14 bits per heavy atom. The zero-order valence-electron chi connectivity index (χ0n) is 12.0. The maximum absolute atomic E-state index is 4.45. The van der Waals surface area contributed by atoms with Crippen LogP contribution in [0.2, 0.25) is 0 Å². The van der Waals surface area contributed by atoms with Gasteiger partial charge in [-0.15, -0.1) is 11.3 Å². The molecule has 21 heavy (non-hydrogen) atoms. The minimum Gasteiger partial charge on any atom is -0.370 e. The van der Waals surface area contributed by atoms with E-state index < -0.39 is 0 Å². The SMILES string of the molecule is CCNc1ncnc2sc(CC)c(-c3ccc(Br)cc3)c12. The molecule has 0 aliphatic heterocycles. The van der Waals surface area contributed by atoms with Crippen LogP contribution in [0.3, 0.4) is 0 Å². The van der Waals surface area contributed by atoms with Crippen LogP contribution in [0.25, 0.3) is 21.3 Å². The van der Waals surface area contributed by atoms with Gasteiger partial charge in [-0.1, -0.05) is 35.0 Å². The van der Waals surface area contributed by atoms with E-state index in [0.29, 0.717) is 0 Å². The average Bonchev–Trinajstić information content (AvgIpc) is 2.88. The van der Waals surface area contributed by atoms with Crippen LogP contribution < -0.4 is 5.32 Å². The van der Waals surface area contributed by atoms with E-state index in [1.165, 1.54) is 16.0 Å². The van der Waals surface area contributed by atoms with Crippen molar-refractivity contribution in [1.29, 1.82) is 0 Å². The number of thiophene rings is 1. The zero-order chi connectivity index (χ0) is 14.8. The van der Waals surface area contributed by atoms with E-state index in [1.54, 1.807) is 17.7 Å². The Balaban J connectivity index is 2.30. The first-order valence-electron chi connectivity index (χ1n) is 7.00. The summed E-state index contributed by atoms with van der Waals surface area (Å²) in [4.78, 5) is 11.3. The lowest BCUT2D eigenvalue weighted by molar-refractivity contribution is 1.14. The van der Waals surface area contributed by atoms with E-state index in [4.69, 9.17) is 0 Å². The predicted molar refractivity (Wildman–Crippen MR) is 94.1 cm³/mol. The highest BCUT2D eigenvalue weighted by molar-refractivity contribution is 9.10. The smallest absolute Gasteiger partial charge is 0.138 e. The lowest BCUT2D eigenvalue weighted by Gasteiger charge is -2.08. The number of nitrogens with one attached hydrogen (secondary N) is 1. The van der Waals surface area contributed by atoms with Crippen molar-refractivity contribution in [2.24, 2.45) is 0 Å². The standard InChI is InChI=1S/C16H16BrN3S/c1-3-12-13(10-5-7-11(17)8-6-10)14-15(18-4-2)19-9-20-16(14)21-12/h5-9H,3-4H2,1-2H3,(H,18,19,20). The molecule has 0 atom stereocenters. The van der Waals surface area contributed by atoms with Crippen molar-refractivity contribution >= 4 is 43.3 Å². The molecule has 0 saturated heterocycles. The fraction of sp³-hybridized carbons (Fsp3) is 0.250. The van der Waals surface area contributed by atoms with Crippen LogP contribution in [-0.4, -0.2) is 16.5 Å². The van der Waals surface area contributed by atoms with E-state index in [0.717, 1.165) is 33.5 Å². The third kappa shape index (κ3) is 2.68. The van der Waals surface area contributed by atoms with Crippen molar-refractivity contribution in [3.05, 3.63) is 39.9 Å². The number of hydrogen-bond acceptors (Lipinski definition) is 4. The Labute approximate surface area is 136 Å². The van der Waals surface area contributed by atoms with Gasteiger partial charge in [0.1, 0.15) is 17.0 Å². The molecule has 0 bridgehead atoms. The average molecular weight is 362 g/mol. The lowest BCUT2D eigenvalue weighted by Crippen LogP contribution is -2.00. The second-order valence-electron chi connectivity index (χ2n) is 4.69. The molecule has 2 heterocycles. The summed E-state index contributed by atoms with van der Waals surface area (Å²) in [6, 6.07) is 8.45. The van der Waals surface area contributed by atoms with Crippen molar-refractivity contribution in [3.8, 4) is 11.1 Å². The first-order valence-corrected chi connectivity index (χ1v) is 8.61. The second kappa shape index (κ2) is 6.12. The lowest BCUT2D eigenvalue weighted by atomic mass is 10.0. The molecule has 0 aliphatic rings. The largest absolute Gasteiger partial charge is 0.370 e. The number of aryl methyl sites for hydroxylation is 1. The third-order valence-corrected chi connectivity index (χ3v) is 5.13. The molecule has 0 spiro atoms. The summed E-state index contributed by atoms with van der Waals surface area (Å²) < 4.78 is 1.09. The van der Waals surface area contributed by atoms with Gasteiger partial charge in [0.25, 0.3) is 0 Å². The van der Waals surface area contributed by atoms with Gasteiger partial charge in [0.05, 0.1) is 5.39 Å². The van der Waals surface area contributed by atoms with E-state index in [1.807, 2.05) is 0 Å². The molecular formula is C16H16BrN3S. The summed E-state index contributed by atoms with van der Waals surface area (Å²) in [5.41, 5.74) is 2.48. The maximum atomic E-state index is 4.45. The molecular weight excluding hydrogens is 346 g/mol. The Morgan fingerprint density at radius 2 is 1.90 bits per heavy atom. The monoisotopic (exact) mass is 361 g/mol. The summed E-state index contributed by atoms with van der Waals surface area (Å²) in [7, 11) is 0. The molecule has 1 aromatic carbocycles. The Bertz CT molecular complexity index is 765. The first kappa shape index (κ1) is 14.5. The highest BCUT2D eigenvalue weighted by atomic mass is 79.9. The van der Waals surface area contributed by atoms with E-state index in [-0.39, 0.29) is 0 Å². The molecule has 0 saturated carbocycles. The predicted octanol–water partition coefficient (Wildman–Crippen LogP) is 5.12. The van der Waals surface area contributed by atoms with Gasteiger partial charge < -0.3 is 5.32 Å². The second-order valence-corrected chi connectivity index (χ2v) is 6.69. The Hall–Kier alpha value is -1.46. The van der Waals surface area contributed by atoms with Crippen LogP contribution >= 0.6 is 27.3 Å². The molecule has 0 amide bonds. The van der Waals surface area contributed by atoms with Crippen LogP contribution in [0, 0.1) is 0 Å². The first-order chi connectivity index (χ1) is 10.2. The summed E-state index contributed by atoms with van der Waals surface area (Å²) in [6.45, 7) is 5.12. The van der Waals surface area contributed by atoms with Gasteiger partial charge in [-0.25, -0.2) is 9.97 Å². The van der Waals surface area contributed by atoms with Gasteiger partial charge in [-0.2, -0.15) is 0 Å². The van der Waals surface area contributed by atoms with Crippen LogP contribution in [0.15, 0.2) is 35.1 Å². The summed E-state index contributed by atoms with van der Waals surface area (Å²) in [6.07, 6.45) is 2.64. The molecule has 0 unspecified atom stereocenters. The minimum atomic E-state index is 0.850. The van der Waals surface area contributed by atoms with Crippen molar-refractivity contribution in [2.75, 3.05) is 11.9 Å². The van der Waals surface area contributed by atoms with E-state index in [9.17, 15) is 0 Å². The minimum absolute atomic E-state index is 0.850. The van der Waals surface area contributed by atoms with Crippen molar-refractivity contribution in [2.45, 2.75) is 20.3 Å². The summed E-state index contributed by atoms with van der Waals surface area (Å²) in [5.74, 6) is 0.927. The molecule has 0 fully saturated rings. The number of rotatable bonds is 4. The van der Waals surface area contributed by atoms with Gasteiger partial charge >= 0.3 is 0 Å². The molecule has 3 nitrogen and oxygen atoms in total. The molecule has 108 valence electrons. The highest BCUT2D eigenvalue weighted by Gasteiger charge is 2.17. The number of halogens is 1. The summed E-state index contributed by atoms with van der Waals surface area (Å²) in [5, 5.41) is 4.50. The Kier molecular flexibility index (Phi) is 4.22. The fourth-order valence-corrected chi connectivity index (χ4v) is 3.82. The topological polar surface area (TPSA) is 37.8 Å². The van der Waals surface area contributed by atoms with E-state index >= 15 is 0 Å². The molecule has 3 aromatic rings. The van der Waals surface area contributed by atoms with Gasteiger partial charge in [-0.05, 0) is 31.0 Å². The Morgan fingerprint density at radius 3 is 2.57 bits per heavy atom. The van der Waals surface area contributed by atoms with Crippen LogP contribution in [0.5, 0.6) is 0 Å². The van der Waals surface area contributed by atoms with Crippen LogP contribution in [0.1, 0.15) is 18.7 Å². The normalized spacial score (nSPS) is 11.0. The molecule has 3 rings (SSSR count). The van der Waals surface area contributed by atoms with Crippen LogP contribution in [-0.2, 0) is 6.42 Å². The molecule has 2 aromatic heterocycles. The molecule has 0 radical (unpaired) electrons. The number of nitrogens with zero attached hydrogens (tertiary/aromatic N) is 2. The van der Waals surface area contributed by atoms with E-state index in [2.05, 4.69) is 69.3 Å². The maximum Gasteiger partial charge on any atom is 0.138 e. The van der Waals surface area contributed by atoms with Gasteiger partial charge in [0, 0.05) is 21.5 Å². The van der Waals surface area contributed by atoms with Gasteiger partial charge in [0.15, 0.2) is 0 Å². The quantitative estimate of drug-likeness (QED) is 0.700. The molecule has 1 N–H and O–H groups in total. The highest BCUT2D eigenvalue weighted by Crippen LogP contribution is 2.41. The number of anilines is 1. The van der Waals surface area contributed by atoms with Crippen molar-refractivity contribution in [1.82, 2.24) is 9.97 Å². The number of hydrogen-bond donors (Lipinski definition) is 1. The van der Waals surface area contributed by atoms with Crippen LogP contribution in [0.4, 0.5) is 5.82 Å².